The molecule has 1 N–H and O–H groups in total. The van der Waals surface area contributed by atoms with Gasteiger partial charge < -0.3 is 10.2 Å². The lowest BCUT2D eigenvalue weighted by atomic mass is 10.2. The molecule has 0 atom stereocenters. The predicted molar refractivity (Wildman–Crippen MR) is 73.9 cm³/mol. The average Bonchev–Trinajstić information content (AvgIpc) is 2.36. The van der Waals surface area contributed by atoms with E-state index in [1.165, 1.54) is 0 Å². The van der Waals surface area contributed by atoms with E-state index in [0.717, 1.165) is 17.1 Å². The Balaban J connectivity index is 2.12. The number of aromatic nitrogens is 2. The largest absolute Gasteiger partial charge is 0.323 e. The van der Waals surface area contributed by atoms with Crippen molar-refractivity contribution in [3.05, 3.63) is 41.3 Å². The van der Waals surface area contributed by atoms with Crippen LogP contribution in [0, 0.1) is 6.92 Å². The highest BCUT2D eigenvalue weighted by atomic mass is 35.5. The van der Waals surface area contributed by atoms with Gasteiger partial charge in [0.05, 0.1) is 11.4 Å². The molecule has 19 heavy (non-hydrogen) atoms. The zero-order valence-corrected chi connectivity index (χ0v) is 11.0. The van der Waals surface area contributed by atoms with Crippen LogP contribution in [-0.4, -0.2) is 22.4 Å². The summed E-state index contributed by atoms with van der Waals surface area (Å²) in [6, 6.07) is 9.39. The highest BCUT2D eigenvalue weighted by Gasteiger charge is 2.24. The summed E-state index contributed by atoms with van der Waals surface area (Å²) in [5, 5.41) is 3.01. The lowest BCUT2D eigenvalue weighted by molar-refractivity contribution is -0.115. The number of carbonyl (C=O) groups is 1. The van der Waals surface area contributed by atoms with Gasteiger partial charge in [0.15, 0.2) is 0 Å². The number of anilines is 3. The van der Waals surface area contributed by atoms with Crippen LogP contribution in [0.25, 0.3) is 0 Å². The molecule has 2 aromatic rings. The summed E-state index contributed by atoms with van der Waals surface area (Å²) in [5.41, 5.74) is 2.43. The maximum Gasteiger partial charge on any atom is 0.244 e. The molecule has 0 bridgehead atoms. The Morgan fingerprint density at radius 1 is 1.32 bits per heavy atom. The van der Waals surface area contributed by atoms with Crippen LogP contribution in [0.15, 0.2) is 30.3 Å². The molecule has 0 saturated heterocycles. The van der Waals surface area contributed by atoms with Crippen molar-refractivity contribution in [2.45, 2.75) is 6.92 Å². The number of amides is 1. The number of hydrogen-bond acceptors (Lipinski definition) is 4. The Kier molecular flexibility index (Phi) is 2.83. The lowest BCUT2D eigenvalue weighted by Gasteiger charge is -2.30. The molecule has 0 aliphatic carbocycles. The number of hydrogen-bond donors (Lipinski definition) is 1. The second kappa shape index (κ2) is 4.51. The maximum absolute atomic E-state index is 11.8. The van der Waals surface area contributed by atoms with E-state index in [2.05, 4.69) is 15.3 Å². The van der Waals surface area contributed by atoms with E-state index in [9.17, 15) is 4.79 Å². The van der Waals surface area contributed by atoms with E-state index in [1.54, 1.807) is 6.07 Å². The molecule has 0 fully saturated rings. The molecule has 3 rings (SSSR count). The van der Waals surface area contributed by atoms with Crippen LogP contribution < -0.4 is 10.2 Å². The first-order valence-corrected chi connectivity index (χ1v) is 6.19. The molecule has 2 heterocycles. The fourth-order valence-electron chi connectivity index (χ4n) is 2.09. The van der Waals surface area contributed by atoms with Gasteiger partial charge >= 0.3 is 0 Å². The van der Waals surface area contributed by atoms with Crippen molar-refractivity contribution < 1.29 is 4.79 Å². The molecule has 0 saturated carbocycles. The molecule has 0 spiro atoms. The van der Waals surface area contributed by atoms with E-state index >= 15 is 0 Å². The number of halogens is 1. The van der Waals surface area contributed by atoms with Crippen LogP contribution in [0.4, 0.5) is 17.2 Å². The lowest BCUT2D eigenvalue weighted by Crippen LogP contribution is -2.35. The first kappa shape index (κ1) is 11.9. The van der Waals surface area contributed by atoms with Crippen molar-refractivity contribution in [1.82, 2.24) is 9.97 Å². The molecule has 0 radical (unpaired) electrons. The van der Waals surface area contributed by atoms with Crippen molar-refractivity contribution in [3.63, 3.8) is 0 Å². The zero-order valence-electron chi connectivity index (χ0n) is 10.2. The number of rotatable bonds is 1. The molecule has 1 aromatic carbocycles. The van der Waals surface area contributed by atoms with Crippen LogP contribution in [0.3, 0.4) is 0 Å². The van der Waals surface area contributed by atoms with E-state index in [4.69, 9.17) is 11.6 Å². The van der Waals surface area contributed by atoms with Crippen molar-refractivity contribution >= 4 is 34.7 Å². The summed E-state index contributed by atoms with van der Waals surface area (Å²) in [4.78, 5) is 21.8. The fourth-order valence-corrected chi connectivity index (χ4v) is 2.31. The number of carbonyl (C=O) groups excluding carboxylic acids is 1. The van der Waals surface area contributed by atoms with E-state index in [-0.39, 0.29) is 17.7 Å². The Hall–Kier alpha value is -2.14. The number of nitrogens with zero attached hydrogens (tertiary/aromatic N) is 3. The SMILES string of the molecule is Cc1cc(N2CC(=O)Nc3ccccc32)nc(Cl)n1. The number of aryl methyl sites for hydroxylation is 1. The van der Waals surface area contributed by atoms with E-state index in [0.29, 0.717) is 5.82 Å². The standard InChI is InChI=1S/C13H11ClN4O/c1-8-6-11(17-13(14)15-8)18-7-12(19)16-9-4-2-3-5-10(9)18/h2-6H,7H2,1H3,(H,16,19). The van der Waals surface area contributed by atoms with Gasteiger partial charge in [-0.25, -0.2) is 9.97 Å². The summed E-state index contributed by atoms with van der Waals surface area (Å²) in [6.45, 7) is 2.05. The molecular weight excluding hydrogens is 264 g/mol. The smallest absolute Gasteiger partial charge is 0.244 e. The van der Waals surface area contributed by atoms with Crippen LogP contribution in [0.1, 0.15) is 5.69 Å². The Morgan fingerprint density at radius 3 is 2.89 bits per heavy atom. The minimum Gasteiger partial charge on any atom is -0.323 e. The van der Waals surface area contributed by atoms with Gasteiger partial charge in [-0.05, 0) is 30.7 Å². The van der Waals surface area contributed by atoms with E-state index < -0.39 is 0 Å². The second-order valence-corrected chi connectivity index (χ2v) is 4.63. The summed E-state index contributed by atoms with van der Waals surface area (Å²) >= 11 is 5.88. The monoisotopic (exact) mass is 274 g/mol. The van der Waals surface area contributed by atoms with Crippen LogP contribution >= 0.6 is 11.6 Å². The van der Waals surface area contributed by atoms with Gasteiger partial charge in [0.2, 0.25) is 11.2 Å². The summed E-state index contributed by atoms with van der Waals surface area (Å²) in [7, 11) is 0. The minimum absolute atomic E-state index is 0.0777. The van der Waals surface area contributed by atoms with Gasteiger partial charge in [0.1, 0.15) is 12.4 Å². The third-order valence-corrected chi connectivity index (χ3v) is 3.03. The molecule has 0 unspecified atom stereocenters. The molecule has 1 amide bonds. The van der Waals surface area contributed by atoms with Crippen molar-refractivity contribution in [2.75, 3.05) is 16.8 Å². The quantitative estimate of drug-likeness (QED) is 0.812. The number of nitrogens with one attached hydrogen (secondary N) is 1. The molecule has 96 valence electrons. The third-order valence-electron chi connectivity index (χ3n) is 2.86. The summed E-state index contributed by atoms with van der Waals surface area (Å²) in [5.74, 6) is 0.547. The van der Waals surface area contributed by atoms with Crippen LogP contribution in [0.2, 0.25) is 5.28 Å². The second-order valence-electron chi connectivity index (χ2n) is 4.29. The highest BCUT2D eigenvalue weighted by Crippen LogP contribution is 2.34. The molecule has 5 nitrogen and oxygen atoms in total. The zero-order chi connectivity index (χ0) is 13.4. The summed E-state index contributed by atoms with van der Waals surface area (Å²) in [6.07, 6.45) is 0. The van der Waals surface area contributed by atoms with Gasteiger partial charge in [-0.3, -0.25) is 4.79 Å². The van der Waals surface area contributed by atoms with Crippen molar-refractivity contribution in [3.8, 4) is 0 Å². The van der Waals surface area contributed by atoms with Gasteiger partial charge in [0.25, 0.3) is 0 Å². The topological polar surface area (TPSA) is 58.1 Å². The number of benzene rings is 1. The summed E-state index contributed by atoms with van der Waals surface area (Å²) < 4.78 is 0. The Bertz CT molecular complexity index is 639. The maximum atomic E-state index is 11.8. The van der Waals surface area contributed by atoms with Gasteiger partial charge in [-0.1, -0.05) is 12.1 Å². The first-order chi connectivity index (χ1) is 9.13. The molecular formula is C13H11ClN4O. The average molecular weight is 275 g/mol. The predicted octanol–water partition coefficient (Wildman–Crippen LogP) is 2.53. The molecule has 1 aromatic heterocycles. The van der Waals surface area contributed by atoms with Gasteiger partial charge in [0, 0.05) is 11.8 Å². The first-order valence-electron chi connectivity index (χ1n) is 5.81. The van der Waals surface area contributed by atoms with E-state index in [1.807, 2.05) is 36.1 Å². The molecule has 1 aliphatic heterocycles. The van der Waals surface area contributed by atoms with Crippen molar-refractivity contribution in [1.29, 1.82) is 0 Å². The van der Waals surface area contributed by atoms with Crippen LogP contribution in [-0.2, 0) is 4.79 Å². The molecule has 6 heteroatoms. The Labute approximate surface area is 115 Å². The number of fused-ring (bicyclic) bond motifs is 1. The highest BCUT2D eigenvalue weighted by molar-refractivity contribution is 6.28. The van der Waals surface area contributed by atoms with Gasteiger partial charge in [-0.15, -0.1) is 0 Å². The third kappa shape index (κ3) is 2.24. The molecule has 1 aliphatic rings. The normalized spacial score (nSPS) is 14.0. The van der Waals surface area contributed by atoms with Crippen molar-refractivity contribution in [2.24, 2.45) is 0 Å². The van der Waals surface area contributed by atoms with Gasteiger partial charge in [-0.2, -0.15) is 0 Å². The Morgan fingerprint density at radius 2 is 2.11 bits per heavy atom. The number of para-hydroxylation sites is 2. The minimum atomic E-state index is -0.0777. The fraction of sp³-hybridized carbons (Fsp3) is 0.154. The van der Waals surface area contributed by atoms with Crippen LogP contribution in [0.5, 0.6) is 0 Å².